The SMILES string of the molecule is COC1(C)OC2CN(C(=O)OC(C)(C)C)C3(CC3)C(/C=C\F)C2OC1(C)OC. The monoisotopic (exact) mass is 401 g/mol. The Morgan fingerprint density at radius 2 is 1.71 bits per heavy atom. The lowest BCUT2D eigenvalue weighted by atomic mass is 9.81. The molecule has 0 aromatic heterocycles. The minimum Gasteiger partial charge on any atom is -0.444 e. The molecule has 3 rings (SSSR count). The van der Waals surface area contributed by atoms with Crippen LogP contribution in [0.1, 0.15) is 47.5 Å². The third kappa shape index (κ3) is 3.34. The second kappa shape index (κ2) is 6.93. The minimum absolute atomic E-state index is 0.273. The molecule has 2 saturated heterocycles. The van der Waals surface area contributed by atoms with Gasteiger partial charge in [-0.05, 0) is 53.5 Å². The van der Waals surface area contributed by atoms with E-state index in [1.807, 2.05) is 20.8 Å². The van der Waals surface area contributed by atoms with Crippen molar-refractivity contribution in [2.45, 2.75) is 82.4 Å². The van der Waals surface area contributed by atoms with E-state index in [0.29, 0.717) is 6.33 Å². The number of carbonyl (C=O) groups is 1. The molecule has 1 saturated carbocycles. The van der Waals surface area contributed by atoms with Crippen LogP contribution in [-0.2, 0) is 23.7 Å². The predicted molar refractivity (Wildman–Crippen MR) is 99.2 cm³/mol. The lowest BCUT2D eigenvalue weighted by Gasteiger charge is -2.58. The second-order valence-electron chi connectivity index (χ2n) is 9.08. The predicted octanol–water partition coefficient (Wildman–Crippen LogP) is 3.38. The Balaban J connectivity index is 1.96. The van der Waals surface area contributed by atoms with Crippen LogP contribution in [0.25, 0.3) is 0 Å². The molecule has 28 heavy (non-hydrogen) atoms. The summed E-state index contributed by atoms with van der Waals surface area (Å²) in [6, 6.07) is 0. The first-order chi connectivity index (χ1) is 13.0. The van der Waals surface area contributed by atoms with Crippen molar-refractivity contribution in [1.82, 2.24) is 4.90 Å². The lowest BCUT2D eigenvalue weighted by Crippen LogP contribution is -2.72. The summed E-state index contributed by atoms with van der Waals surface area (Å²) in [6.07, 6.45) is 2.03. The molecule has 5 unspecified atom stereocenters. The Kier molecular flexibility index (Phi) is 5.32. The molecule has 0 radical (unpaired) electrons. The number of fused-ring (bicyclic) bond motifs is 1. The number of halogens is 1. The van der Waals surface area contributed by atoms with E-state index in [9.17, 15) is 9.18 Å². The van der Waals surface area contributed by atoms with Crippen molar-refractivity contribution >= 4 is 6.09 Å². The van der Waals surface area contributed by atoms with E-state index in [-0.39, 0.29) is 12.5 Å². The summed E-state index contributed by atoms with van der Waals surface area (Å²) in [5.41, 5.74) is -1.17. The quantitative estimate of drug-likeness (QED) is 0.722. The third-order valence-electron chi connectivity index (χ3n) is 6.24. The highest BCUT2D eigenvalue weighted by atomic mass is 19.1. The molecule has 0 aromatic rings. The molecule has 3 aliphatic rings. The maximum absolute atomic E-state index is 13.3. The lowest BCUT2D eigenvalue weighted by molar-refractivity contribution is -0.456. The van der Waals surface area contributed by atoms with Crippen molar-refractivity contribution in [2.75, 3.05) is 20.8 Å². The average molecular weight is 401 g/mol. The topological polar surface area (TPSA) is 66.5 Å². The maximum atomic E-state index is 13.3. The molecule has 0 aromatic carbocycles. The van der Waals surface area contributed by atoms with Gasteiger partial charge < -0.3 is 23.7 Å². The zero-order valence-electron chi connectivity index (χ0n) is 17.8. The van der Waals surface area contributed by atoms with E-state index < -0.39 is 41.0 Å². The number of carbonyl (C=O) groups excluding carboxylic acids is 1. The molecule has 7 nitrogen and oxygen atoms in total. The van der Waals surface area contributed by atoms with E-state index >= 15 is 0 Å². The van der Waals surface area contributed by atoms with Crippen LogP contribution < -0.4 is 0 Å². The van der Waals surface area contributed by atoms with Gasteiger partial charge in [0.25, 0.3) is 0 Å². The van der Waals surface area contributed by atoms with Crippen molar-refractivity contribution in [1.29, 1.82) is 0 Å². The van der Waals surface area contributed by atoms with Gasteiger partial charge in [0.15, 0.2) is 0 Å². The Bertz CT molecular complexity index is 645. The first-order valence-corrected chi connectivity index (χ1v) is 9.69. The fourth-order valence-corrected chi connectivity index (χ4v) is 4.34. The number of piperidine rings is 1. The van der Waals surface area contributed by atoms with Crippen LogP contribution in [-0.4, -0.2) is 66.7 Å². The molecule has 1 amide bonds. The summed E-state index contributed by atoms with van der Waals surface area (Å²) in [7, 11) is 3.03. The number of nitrogens with zero attached hydrogens (tertiary/aromatic N) is 1. The van der Waals surface area contributed by atoms with Crippen LogP contribution in [0.2, 0.25) is 0 Å². The van der Waals surface area contributed by atoms with Crippen LogP contribution in [0.5, 0.6) is 0 Å². The summed E-state index contributed by atoms with van der Waals surface area (Å²) >= 11 is 0. The van der Waals surface area contributed by atoms with Gasteiger partial charge in [-0.2, -0.15) is 0 Å². The zero-order valence-corrected chi connectivity index (χ0v) is 17.8. The summed E-state index contributed by atoms with van der Waals surface area (Å²) in [4.78, 5) is 14.6. The van der Waals surface area contributed by atoms with Crippen molar-refractivity contribution in [2.24, 2.45) is 5.92 Å². The van der Waals surface area contributed by atoms with Gasteiger partial charge in [0.05, 0.1) is 24.5 Å². The van der Waals surface area contributed by atoms with E-state index in [1.54, 1.807) is 18.7 Å². The highest BCUT2D eigenvalue weighted by Crippen LogP contribution is 2.56. The maximum Gasteiger partial charge on any atom is 0.410 e. The number of likely N-dealkylation sites (tertiary alicyclic amines) is 1. The molecular weight excluding hydrogens is 369 g/mol. The summed E-state index contributed by atoms with van der Waals surface area (Å²) < 4.78 is 42.7. The van der Waals surface area contributed by atoms with Crippen molar-refractivity contribution in [3.63, 3.8) is 0 Å². The standard InChI is InChI=1S/C20H32FNO6/c1-17(2,3)28-16(23)22-12-14-15(13(8-11-21)20(22)9-10-20)27-19(5,25-7)18(4,24-6)26-14/h8,11,13-15H,9-10,12H2,1-7H3/b11-8-. The Hall–Kier alpha value is -1.22. The van der Waals surface area contributed by atoms with Crippen LogP contribution in [0.15, 0.2) is 12.4 Å². The number of amides is 1. The summed E-state index contributed by atoms with van der Waals surface area (Å²) in [6.45, 7) is 9.21. The molecular formula is C20H32FNO6. The van der Waals surface area contributed by atoms with Crippen molar-refractivity contribution in [3.8, 4) is 0 Å². The normalized spacial score (nSPS) is 39.9. The molecule has 2 heterocycles. The Labute approximate surface area is 166 Å². The van der Waals surface area contributed by atoms with E-state index in [4.69, 9.17) is 23.7 Å². The van der Waals surface area contributed by atoms with E-state index in [1.165, 1.54) is 20.3 Å². The molecule has 8 heteroatoms. The Morgan fingerprint density at radius 3 is 2.18 bits per heavy atom. The van der Waals surface area contributed by atoms with Crippen LogP contribution in [0.4, 0.5) is 9.18 Å². The van der Waals surface area contributed by atoms with Gasteiger partial charge in [-0.1, -0.05) is 0 Å². The smallest absolute Gasteiger partial charge is 0.410 e. The number of methoxy groups -OCH3 is 2. The zero-order chi connectivity index (χ0) is 21.0. The van der Waals surface area contributed by atoms with Gasteiger partial charge in [0.2, 0.25) is 11.6 Å². The number of hydrogen-bond donors (Lipinski definition) is 0. The fourth-order valence-electron chi connectivity index (χ4n) is 4.34. The average Bonchev–Trinajstić information content (AvgIpc) is 3.39. The molecule has 1 spiro atoms. The van der Waals surface area contributed by atoms with Gasteiger partial charge in [0.1, 0.15) is 11.7 Å². The van der Waals surface area contributed by atoms with Gasteiger partial charge in [-0.15, -0.1) is 0 Å². The highest BCUT2D eigenvalue weighted by molar-refractivity contribution is 5.70. The first-order valence-electron chi connectivity index (χ1n) is 9.69. The van der Waals surface area contributed by atoms with Crippen LogP contribution in [0, 0.1) is 5.92 Å². The summed E-state index contributed by atoms with van der Waals surface area (Å²) in [5.74, 6) is -2.77. The molecule has 5 atom stereocenters. The number of hydrogen-bond acceptors (Lipinski definition) is 6. The fraction of sp³-hybridized carbons (Fsp3) is 0.850. The van der Waals surface area contributed by atoms with Gasteiger partial charge in [0, 0.05) is 20.1 Å². The number of rotatable bonds is 3. The second-order valence-corrected chi connectivity index (χ2v) is 9.08. The van der Waals surface area contributed by atoms with Crippen LogP contribution in [0.3, 0.4) is 0 Å². The van der Waals surface area contributed by atoms with Gasteiger partial charge in [-0.3, -0.25) is 4.90 Å². The molecule has 160 valence electrons. The van der Waals surface area contributed by atoms with E-state index in [2.05, 4.69) is 0 Å². The number of ether oxygens (including phenoxy) is 5. The van der Waals surface area contributed by atoms with Crippen molar-refractivity contribution in [3.05, 3.63) is 12.4 Å². The molecule has 2 aliphatic heterocycles. The van der Waals surface area contributed by atoms with Crippen LogP contribution >= 0.6 is 0 Å². The van der Waals surface area contributed by atoms with Gasteiger partial charge >= 0.3 is 6.09 Å². The van der Waals surface area contributed by atoms with Crippen molar-refractivity contribution < 1.29 is 32.9 Å². The molecule has 1 aliphatic carbocycles. The summed E-state index contributed by atoms with van der Waals surface area (Å²) in [5, 5.41) is 0. The molecule has 3 fully saturated rings. The Morgan fingerprint density at radius 1 is 1.14 bits per heavy atom. The van der Waals surface area contributed by atoms with E-state index in [0.717, 1.165) is 12.8 Å². The largest absolute Gasteiger partial charge is 0.444 e. The third-order valence-corrected chi connectivity index (χ3v) is 6.24. The van der Waals surface area contributed by atoms with Gasteiger partial charge in [-0.25, -0.2) is 9.18 Å². The highest BCUT2D eigenvalue weighted by Gasteiger charge is 2.68. The first kappa shape index (κ1) is 21.5. The molecule has 0 N–H and O–H groups in total. The molecule has 0 bridgehead atoms. The minimum atomic E-state index is -1.19.